The molecule has 106 valence electrons. The van der Waals surface area contributed by atoms with Crippen molar-refractivity contribution in [2.24, 2.45) is 0 Å². The molecule has 3 heterocycles. The first kappa shape index (κ1) is 13.1. The van der Waals surface area contributed by atoms with E-state index in [2.05, 4.69) is 9.88 Å². The number of carboxylic acid groups (broad SMARTS) is 1. The maximum atomic E-state index is 13.8. The molecule has 2 aromatic rings. The van der Waals surface area contributed by atoms with E-state index in [4.69, 9.17) is 5.11 Å². The highest BCUT2D eigenvalue weighted by atomic mass is 19.1. The minimum Gasteiger partial charge on any atom is -0.481 e. The lowest BCUT2D eigenvalue weighted by molar-refractivity contribution is -0.136. The predicted octanol–water partition coefficient (Wildman–Crippen LogP) is 1.70. The average molecular weight is 277 g/mol. The largest absolute Gasteiger partial charge is 0.481 e. The highest BCUT2D eigenvalue weighted by molar-refractivity contribution is 5.70. The van der Waals surface area contributed by atoms with Crippen LogP contribution in [0.5, 0.6) is 0 Å². The molecule has 1 aliphatic rings. The van der Waals surface area contributed by atoms with Crippen molar-refractivity contribution >= 4 is 11.6 Å². The number of halogens is 1. The van der Waals surface area contributed by atoms with Crippen molar-refractivity contribution in [3.8, 4) is 0 Å². The van der Waals surface area contributed by atoms with Crippen LogP contribution in [0.4, 0.5) is 4.39 Å². The lowest BCUT2D eigenvalue weighted by atomic mass is 10.2. The number of aromatic nitrogens is 2. The number of rotatable bonds is 4. The zero-order valence-corrected chi connectivity index (χ0v) is 11.0. The van der Waals surface area contributed by atoms with Gasteiger partial charge in [-0.1, -0.05) is 0 Å². The van der Waals surface area contributed by atoms with Crippen LogP contribution >= 0.6 is 0 Å². The Labute approximate surface area is 115 Å². The number of hydrogen-bond donors (Lipinski definition) is 1. The number of nitrogens with zero attached hydrogens (tertiary/aromatic N) is 3. The lowest BCUT2D eigenvalue weighted by Gasteiger charge is -2.15. The molecule has 6 heteroatoms. The maximum Gasteiger partial charge on any atom is 0.309 e. The number of aliphatic carboxylic acids is 1. The van der Waals surface area contributed by atoms with Crippen LogP contribution in [-0.4, -0.2) is 38.4 Å². The molecule has 0 bridgehead atoms. The summed E-state index contributed by atoms with van der Waals surface area (Å²) in [6, 6.07) is 2.95. The zero-order chi connectivity index (χ0) is 14.1. The van der Waals surface area contributed by atoms with Crippen molar-refractivity contribution in [3.63, 3.8) is 0 Å². The molecule has 20 heavy (non-hydrogen) atoms. The molecule has 5 nitrogen and oxygen atoms in total. The Morgan fingerprint density at radius 2 is 2.15 bits per heavy atom. The molecule has 3 rings (SSSR count). The van der Waals surface area contributed by atoms with E-state index < -0.39 is 11.8 Å². The SMILES string of the molecule is O=C(O)Cc1nc2c(F)cccn2c1CN1CCCC1. The van der Waals surface area contributed by atoms with Crippen LogP contribution in [0.15, 0.2) is 18.3 Å². The van der Waals surface area contributed by atoms with Gasteiger partial charge in [0.1, 0.15) is 0 Å². The molecule has 1 aliphatic heterocycles. The van der Waals surface area contributed by atoms with Gasteiger partial charge in [-0.3, -0.25) is 9.69 Å². The molecular weight excluding hydrogens is 261 g/mol. The number of carbonyl (C=O) groups is 1. The Morgan fingerprint density at radius 3 is 2.85 bits per heavy atom. The van der Waals surface area contributed by atoms with Crippen molar-refractivity contribution in [2.75, 3.05) is 13.1 Å². The van der Waals surface area contributed by atoms with Gasteiger partial charge in [0.15, 0.2) is 11.5 Å². The maximum absolute atomic E-state index is 13.8. The molecule has 0 radical (unpaired) electrons. The van der Waals surface area contributed by atoms with Crippen LogP contribution in [0.2, 0.25) is 0 Å². The molecule has 0 unspecified atom stereocenters. The predicted molar refractivity (Wildman–Crippen MR) is 71.0 cm³/mol. The van der Waals surface area contributed by atoms with Crippen molar-refractivity contribution < 1.29 is 14.3 Å². The lowest BCUT2D eigenvalue weighted by Crippen LogP contribution is -2.20. The summed E-state index contributed by atoms with van der Waals surface area (Å²) in [6.45, 7) is 2.61. The van der Waals surface area contributed by atoms with Crippen molar-refractivity contribution in [2.45, 2.75) is 25.8 Å². The van der Waals surface area contributed by atoms with E-state index in [9.17, 15) is 9.18 Å². The quantitative estimate of drug-likeness (QED) is 0.924. The summed E-state index contributed by atoms with van der Waals surface area (Å²) in [5, 5.41) is 8.99. The Bertz CT molecular complexity index is 647. The highest BCUT2D eigenvalue weighted by Gasteiger charge is 2.20. The number of carboxylic acids is 1. The van der Waals surface area contributed by atoms with E-state index in [1.54, 1.807) is 16.7 Å². The van der Waals surface area contributed by atoms with E-state index >= 15 is 0 Å². The topological polar surface area (TPSA) is 57.8 Å². The molecule has 0 saturated carbocycles. The second-order valence-corrected chi connectivity index (χ2v) is 5.11. The van der Waals surface area contributed by atoms with Gasteiger partial charge in [-0.25, -0.2) is 9.37 Å². The van der Waals surface area contributed by atoms with Crippen LogP contribution in [0.3, 0.4) is 0 Å². The molecule has 1 N–H and O–H groups in total. The third-order valence-corrected chi connectivity index (χ3v) is 3.67. The minimum atomic E-state index is -0.948. The van der Waals surface area contributed by atoms with E-state index in [1.165, 1.54) is 6.07 Å². The van der Waals surface area contributed by atoms with Gasteiger partial charge < -0.3 is 9.51 Å². The second kappa shape index (κ2) is 5.20. The zero-order valence-electron chi connectivity index (χ0n) is 11.0. The Balaban J connectivity index is 2.04. The normalized spacial score (nSPS) is 16.1. The van der Waals surface area contributed by atoms with Crippen LogP contribution in [-0.2, 0) is 17.8 Å². The molecule has 0 atom stereocenters. The number of imidazole rings is 1. The standard InChI is InChI=1S/C14H16FN3O2/c15-10-4-3-7-18-12(9-17-5-1-2-6-17)11(8-13(19)20)16-14(10)18/h3-4,7H,1-2,5-6,8-9H2,(H,19,20). The van der Waals surface area contributed by atoms with Crippen molar-refractivity contribution in [1.82, 2.24) is 14.3 Å². The molecule has 1 fully saturated rings. The van der Waals surface area contributed by atoms with Gasteiger partial charge in [0.05, 0.1) is 17.8 Å². The average Bonchev–Trinajstić information content (AvgIpc) is 3.00. The minimum absolute atomic E-state index is 0.176. The third kappa shape index (κ3) is 2.38. The number of hydrogen-bond acceptors (Lipinski definition) is 3. The van der Waals surface area contributed by atoms with Gasteiger partial charge in [-0.15, -0.1) is 0 Å². The fraction of sp³-hybridized carbons (Fsp3) is 0.429. The van der Waals surface area contributed by atoms with Gasteiger partial charge >= 0.3 is 5.97 Å². The summed E-state index contributed by atoms with van der Waals surface area (Å²) >= 11 is 0. The summed E-state index contributed by atoms with van der Waals surface area (Å²) < 4.78 is 15.5. The van der Waals surface area contributed by atoms with Crippen molar-refractivity contribution in [1.29, 1.82) is 0 Å². The van der Waals surface area contributed by atoms with E-state index in [0.717, 1.165) is 31.6 Å². The van der Waals surface area contributed by atoms with Gasteiger partial charge in [-0.2, -0.15) is 0 Å². The molecule has 0 aromatic carbocycles. The molecule has 0 aliphatic carbocycles. The Kier molecular flexibility index (Phi) is 3.40. The first-order valence-electron chi connectivity index (χ1n) is 6.73. The van der Waals surface area contributed by atoms with Gasteiger partial charge in [-0.05, 0) is 38.1 Å². The Morgan fingerprint density at radius 1 is 1.40 bits per heavy atom. The molecule has 0 amide bonds. The van der Waals surface area contributed by atoms with Crippen LogP contribution in [0.25, 0.3) is 5.65 Å². The van der Waals surface area contributed by atoms with Gasteiger partial charge in [0.2, 0.25) is 0 Å². The third-order valence-electron chi connectivity index (χ3n) is 3.67. The summed E-state index contributed by atoms with van der Waals surface area (Å²) in [5.74, 6) is -1.37. The fourth-order valence-corrected chi connectivity index (χ4v) is 2.74. The molecular formula is C14H16FN3O2. The monoisotopic (exact) mass is 277 g/mol. The summed E-state index contributed by atoms with van der Waals surface area (Å²) in [6.07, 6.45) is 3.87. The first-order chi connectivity index (χ1) is 9.65. The molecule has 1 saturated heterocycles. The summed E-state index contributed by atoms with van der Waals surface area (Å²) in [7, 11) is 0. The molecule has 0 spiro atoms. The summed E-state index contributed by atoms with van der Waals surface area (Å²) in [4.78, 5) is 17.4. The van der Waals surface area contributed by atoms with Crippen LogP contribution < -0.4 is 0 Å². The number of likely N-dealkylation sites (tertiary alicyclic amines) is 1. The number of pyridine rings is 1. The second-order valence-electron chi connectivity index (χ2n) is 5.11. The fourth-order valence-electron chi connectivity index (χ4n) is 2.74. The van der Waals surface area contributed by atoms with Crippen molar-refractivity contribution in [3.05, 3.63) is 35.5 Å². The van der Waals surface area contributed by atoms with Crippen LogP contribution in [0.1, 0.15) is 24.2 Å². The molecule has 2 aromatic heterocycles. The van der Waals surface area contributed by atoms with Gasteiger partial charge in [0.25, 0.3) is 0 Å². The summed E-state index contributed by atoms with van der Waals surface area (Å²) in [5.41, 5.74) is 1.44. The van der Waals surface area contributed by atoms with E-state index in [-0.39, 0.29) is 12.1 Å². The first-order valence-corrected chi connectivity index (χ1v) is 6.73. The number of fused-ring (bicyclic) bond motifs is 1. The van der Waals surface area contributed by atoms with E-state index in [1.807, 2.05) is 0 Å². The smallest absolute Gasteiger partial charge is 0.309 e. The highest BCUT2D eigenvalue weighted by Crippen LogP contribution is 2.20. The van der Waals surface area contributed by atoms with Gasteiger partial charge in [0, 0.05) is 12.7 Å². The van der Waals surface area contributed by atoms with Crippen LogP contribution in [0, 0.1) is 5.82 Å². The van der Waals surface area contributed by atoms with E-state index in [0.29, 0.717) is 12.2 Å². The Hall–Kier alpha value is -1.95.